The van der Waals surface area contributed by atoms with Crippen LogP contribution in [0.2, 0.25) is 0 Å². The number of hydrogen-bond donors (Lipinski definition) is 1. The maximum atomic E-state index is 12.3. The van der Waals surface area contributed by atoms with Gasteiger partial charge in [0.25, 0.3) is 5.91 Å². The van der Waals surface area contributed by atoms with Crippen LogP contribution in [0.1, 0.15) is 43.5 Å². The molecule has 1 aromatic heterocycles. The Hall–Kier alpha value is -1.58. The first-order valence-electron chi connectivity index (χ1n) is 6.41. The number of aromatic hydroxyl groups is 1. The molecular weight excluding hydrogens is 228 g/mol. The van der Waals surface area contributed by atoms with Gasteiger partial charge in [-0.25, -0.2) is 0 Å². The number of pyridine rings is 1. The molecule has 1 amide bonds. The van der Waals surface area contributed by atoms with Gasteiger partial charge in [-0.05, 0) is 30.7 Å². The van der Waals surface area contributed by atoms with Crippen LogP contribution in [-0.4, -0.2) is 34.0 Å². The van der Waals surface area contributed by atoms with Gasteiger partial charge in [-0.15, -0.1) is 0 Å². The molecule has 0 saturated carbocycles. The normalized spacial score (nSPS) is 19.3. The lowest BCUT2D eigenvalue weighted by atomic mass is 9.85. The number of nitrogens with zero attached hydrogens (tertiary/aromatic N) is 2. The first-order valence-corrected chi connectivity index (χ1v) is 6.41. The van der Waals surface area contributed by atoms with Crippen LogP contribution in [0.4, 0.5) is 0 Å². The van der Waals surface area contributed by atoms with E-state index >= 15 is 0 Å². The van der Waals surface area contributed by atoms with Crippen LogP contribution in [0.5, 0.6) is 5.75 Å². The number of aromatic nitrogens is 1. The quantitative estimate of drug-likeness (QED) is 0.830. The van der Waals surface area contributed by atoms with Gasteiger partial charge in [-0.3, -0.25) is 9.78 Å². The Balaban J connectivity index is 2.10. The predicted molar refractivity (Wildman–Crippen MR) is 69.4 cm³/mol. The molecule has 0 radical (unpaired) electrons. The van der Waals surface area contributed by atoms with E-state index in [9.17, 15) is 9.90 Å². The number of hydrogen-bond acceptors (Lipinski definition) is 3. The van der Waals surface area contributed by atoms with E-state index < -0.39 is 0 Å². The third kappa shape index (κ3) is 3.00. The molecule has 0 aromatic carbocycles. The van der Waals surface area contributed by atoms with Gasteiger partial charge in [0.1, 0.15) is 5.75 Å². The van der Waals surface area contributed by atoms with Gasteiger partial charge in [0.2, 0.25) is 0 Å². The minimum Gasteiger partial charge on any atom is -0.506 e. The van der Waals surface area contributed by atoms with Crippen LogP contribution in [0.3, 0.4) is 0 Å². The van der Waals surface area contributed by atoms with Crippen molar-refractivity contribution in [3.05, 3.63) is 24.0 Å². The second-order valence-electron chi connectivity index (χ2n) is 5.74. The molecule has 2 rings (SSSR count). The molecule has 2 heterocycles. The van der Waals surface area contributed by atoms with E-state index in [4.69, 9.17) is 0 Å². The van der Waals surface area contributed by atoms with Crippen LogP contribution in [0.25, 0.3) is 0 Å². The first kappa shape index (κ1) is 12.9. The van der Waals surface area contributed by atoms with Crippen molar-refractivity contribution in [2.45, 2.75) is 33.1 Å². The maximum absolute atomic E-state index is 12.3. The second kappa shape index (κ2) is 4.96. The fourth-order valence-corrected chi connectivity index (χ4v) is 2.35. The average Bonchev–Trinajstić information content (AvgIpc) is 2.49. The fourth-order valence-electron chi connectivity index (χ4n) is 2.35. The lowest BCUT2D eigenvalue weighted by Crippen LogP contribution is -2.32. The highest BCUT2D eigenvalue weighted by Crippen LogP contribution is 2.30. The molecule has 1 aliphatic rings. The van der Waals surface area contributed by atoms with Crippen molar-refractivity contribution in [1.29, 1.82) is 0 Å². The van der Waals surface area contributed by atoms with E-state index in [0.29, 0.717) is 11.0 Å². The van der Waals surface area contributed by atoms with Gasteiger partial charge in [-0.2, -0.15) is 0 Å². The topological polar surface area (TPSA) is 53.4 Å². The Labute approximate surface area is 108 Å². The van der Waals surface area contributed by atoms with Gasteiger partial charge >= 0.3 is 0 Å². The highest BCUT2D eigenvalue weighted by molar-refractivity contribution is 5.94. The summed E-state index contributed by atoms with van der Waals surface area (Å²) in [5.41, 5.74) is 0.779. The zero-order valence-corrected chi connectivity index (χ0v) is 11.0. The molecule has 1 saturated heterocycles. The van der Waals surface area contributed by atoms with E-state index in [1.165, 1.54) is 18.5 Å². The molecule has 1 N–H and O–H groups in total. The molecule has 1 fully saturated rings. The third-order valence-electron chi connectivity index (χ3n) is 3.60. The fraction of sp³-hybridized carbons (Fsp3) is 0.571. The molecule has 0 spiro atoms. The molecule has 1 aliphatic heterocycles. The molecule has 4 nitrogen and oxygen atoms in total. The monoisotopic (exact) mass is 248 g/mol. The van der Waals surface area contributed by atoms with Crippen molar-refractivity contribution in [2.24, 2.45) is 5.41 Å². The van der Waals surface area contributed by atoms with Crippen molar-refractivity contribution in [3.63, 3.8) is 0 Å². The van der Waals surface area contributed by atoms with Crippen LogP contribution >= 0.6 is 0 Å². The van der Waals surface area contributed by atoms with E-state index in [1.807, 2.05) is 4.90 Å². The number of carbonyl (C=O) groups excluding carboxylic acids is 1. The number of likely N-dealkylation sites (tertiary alicyclic amines) is 1. The number of amides is 1. The Kier molecular flexibility index (Phi) is 3.55. The molecule has 0 unspecified atom stereocenters. The van der Waals surface area contributed by atoms with Crippen LogP contribution in [0, 0.1) is 5.41 Å². The largest absolute Gasteiger partial charge is 0.506 e. The highest BCUT2D eigenvalue weighted by atomic mass is 16.3. The summed E-state index contributed by atoms with van der Waals surface area (Å²) in [4.78, 5) is 18.0. The minimum atomic E-state index is -0.0314. The Morgan fingerprint density at radius 2 is 2.11 bits per heavy atom. The van der Waals surface area contributed by atoms with Crippen molar-refractivity contribution >= 4 is 5.91 Å². The Morgan fingerprint density at radius 3 is 2.83 bits per heavy atom. The van der Waals surface area contributed by atoms with Crippen LogP contribution in [-0.2, 0) is 0 Å². The second-order valence-corrected chi connectivity index (χ2v) is 5.74. The summed E-state index contributed by atoms with van der Waals surface area (Å²) in [7, 11) is 0. The van der Waals surface area contributed by atoms with E-state index in [-0.39, 0.29) is 11.7 Å². The first-order chi connectivity index (χ1) is 8.48. The molecule has 98 valence electrons. The van der Waals surface area contributed by atoms with Crippen molar-refractivity contribution in [2.75, 3.05) is 13.1 Å². The Morgan fingerprint density at radius 1 is 1.33 bits per heavy atom. The van der Waals surface area contributed by atoms with Crippen LogP contribution in [0.15, 0.2) is 18.5 Å². The smallest absolute Gasteiger partial charge is 0.255 e. The van der Waals surface area contributed by atoms with E-state index in [2.05, 4.69) is 18.8 Å². The number of carbonyl (C=O) groups is 1. The molecule has 0 aliphatic carbocycles. The lowest BCUT2D eigenvalue weighted by Gasteiger charge is -2.23. The summed E-state index contributed by atoms with van der Waals surface area (Å²) < 4.78 is 0. The Bertz CT molecular complexity index is 443. The summed E-state index contributed by atoms with van der Waals surface area (Å²) >= 11 is 0. The number of rotatable bonds is 1. The molecular formula is C14H20N2O2. The van der Waals surface area contributed by atoms with Gasteiger partial charge in [0, 0.05) is 19.3 Å². The van der Waals surface area contributed by atoms with Crippen LogP contribution < -0.4 is 0 Å². The zero-order chi connectivity index (χ0) is 13.2. The van der Waals surface area contributed by atoms with Crippen molar-refractivity contribution in [1.82, 2.24) is 9.88 Å². The molecule has 0 atom stereocenters. The summed E-state index contributed by atoms with van der Waals surface area (Å²) in [5.74, 6) is 0.00658. The minimum absolute atomic E-state index is 0.0314. The highest BCUT2D eigenvalue weighted by Gasteiger charge is 2.26. The van der Waals surface area contributed by atoms with Crippen molar-refractivity contribution < 1.29 is 9.90 Å². The lowest BCUT2D eigenvalue weighted by molar-refractivity contribution is 0.0756. The summed E-state index contributed by atoms with van der Waals surface area (Å²) in [6.45, 7) is 6.06. The maximum Gasteiger partial charge on any atom is 0.255 e. The molecule has 18 heavy (non-hydrogen) atoms. The predicted octanol–water partition coefficient (Wildman–Crippen LogP) is 2.44. The van der Waals surface area contributed by atoms with Gasteiger partial charge in [-0.1, -0.05) is 13.8 Å². The van der Waals surface area contributed by atoms with E-state index in [0.717, 1.165) is 32.4 Å². The summed E-state index contributed by atoms with van der Waals surface area (Å²) in [6.07, 6.45) is 6.05. The molecule has 4 heteroatoms. The summed E-state index contributed by atoms with van der Waals surface area (Å²) in [5, 5.41) is 9.37. The van der Waals surface area contributed by atoms with Gasteiger partial charge in [0.05, 0.1) is 11.8 Å². The van der Waals surface area contributed by atoms with Crippen molar-refractivity contribution in [3.8, 4) is 5.75 Å². The van der Waals surface area contributed by atoms with E-state index in [1.54, 1.807) is 0 Å². The molecule has 0 bridgehead atoms. The standard InChI is InChI=1S/C14H20N2O2/c1-14(2)4-3-6-16(7-5-14)13(18)11-8-12(17)10-15-9-11/h8-10,17H,3-7H2,1-2H3. The SMILES string of the molecule is CC1(C)CCCN(C(=O)c2cncc(O)c2)CC1. The zero-order valence-electron chi connectivity index (χ0n) is 11.0. The van der Waals surface area contributed by atoms with Gasteiger partial charge < -0.3 is 10.0 Å². The average molecular weight is 248 g/mol. The summed E-state index contributed by atoms with van der Waals surface area (Å²) in [6, 6.07) is 1.48. The van der Waals surface area contributed by atoms with Gasteiger partial charge in [0.15, 0.2) is 0 Å². The molecule has 1 aromatic rings. The third-order valence-corrected chi connectivity index (χ3v) is 3.60.